The molecule has 2 heterocycles. The Bertz CT molecular complexity index is 1120. The molecule has 0 aliphatic heterocycles. The number of nitrogens with zero attached hydrogens (tertiary/aromatic N) is 3. The summed E-state index contributed by atoms with van der Waals surface area (Å²) in [5, 5.41) is 13.5. The highest BCUT2D eigenvalue weighted by atomic mass is 32.2. The fraction of sp³-hybridized carbons (Fsp3) is 0.333. The van der Waals surface area contributed by atoms with Crippen LogP contribution in [-0.4, -0.2) is 21.6 Å². The van der Waals surface area contributed by atoms with Gasteiger partial charge in [-0.2, -0.15) is 5.26 Å². The first-order chi connectivity index (χ1) is 14.0. The number of aryl methyl sites for hydroxylation is 1. The molecule has 3 aromatic rings. The van der Waals surface area contributed by atoms with Gasteiger partial charge in [-0.05, 0) is 42.9 Å². The molecule has 0 fully saturated rings. The quantitative estimate of drug-likeness (QED) is 0.466. The highest BCUT2D eigenvalue weighted by Crippen LogP contribution is 2.39. The molecular weight excluding hydrogens is 402 g/mol. The van der Waals surface area contributed by atoms with Gasteiger partial charge in [-0.25, -0.2) is 9.97 Å². The number of nitriles is 1. The SMILES string of the molecule is C[C@@H]1CCc2c(sc3nc(SCCC(=O)Nc4ccccc4C#N)nc(N)c23)C1. The highest BCUT2D eigenvalue weighted by molar-refractivity contribution is 7.99. The number of anilines is 2. The van der Waals surface area contributed by atoms with E-state index in [9.17, 15) is 4.79 Å². The summed E-state index contributed by atoms with van der Waals surface area (Å²) in [6, 6.07) is 9.04. The van der Waals surface area contributed by atoms with Crippen LogP contribution in [0.3, 0.4) is 0 Å². The van der Waals surface area contributed by atoms with Crippen molar-refractivity contribution in [3.8, 4) is 6.07 Å². The summed E-state index contributed by atoms with van der Waals surface area (Å²) in [6.45, 7) is 2.28. The zero-order valence-electron chi connectivity index (χ0n) is 16.1. The molecule has 2 aromatic heterocycles. The minimum absolute atomic E-state index is 0.144. The Morgan fingerprint density at radius 3 is 3.07 bits per heavy atom. The number of carbonyl (C=O) groups excluding carboxylic acids is 1. The molecule has 3 N–H and O–H groups in total. The number of benzene rings is 1. The van der Waals surface area contributed by atoms with Gasteiger partial charge >= 0.3 is 0 Å². The number of nitrogens with one attached hydrogen (secondary N) is 1. The van der Waals surface area contributed by atoms with E-state index in [1.165, 1.54) is 28.6 Å². The van der Waals surface area contributed by atoms with Crippen molar-refractivity contribution < 1.29 is 4.79 Å². The minimum Gasteiger partial charge on any atom is -0.383 e. The van der Waals surface area contributed by atoms with E-state index in [1.807, 2.05) is 0 Å². The fourth-order valence-electron chi connectivity index (χ4n) is 3.55. The lowest BCUT2D eigenvalue weighted by Gasteiger charge is -2.17. The molecule has 4 rings (SSSR count). The van der Waals surface area contributed by atoms with Crippen molar-refractivity contribution in [1.29, 1.82) is 5.26 Å². The molecule has 1 amide bonds. The maximum Gasteiger partial charge on any atom is 0.225 e. The Morgan fingerprint density at radius 1 is 1.41 bits per heavy atom. The molecule has 8 heteroatoms. The number of amides is 1. The normalized spacial score (nSPS) is 15.7. The predicted octanol–water partition coefficient (Wildman–Crippen LogP) is 4.39. The van der Waals surface area contributed by atoms with Crippen LogP contribution in [0.15, 0.2) is 29.4 Å². The number of fused-ring (bicyclic) bond motifs is 3. The summed E-state index contributed by atoms with van der Waals surface area (Å²) in [6.07, 6.45) is 3.60. The summed E-state index contributed by atoms with van der Waals surface area (Å²) in [4.78, 5) is 23.7. The number of rotatable bonds is 5. The summed E-state index contributed by atoms with van der Waals surface area (Å²) in [5.41, 5.74) is 8.57. The first-order valence-electron chi connectivity index (χ1n) is 9.54. The van der Waals surface area contributed by atoms with Crippen LogP contribution in [-0.2, 0) is 17.6 Å². The third-order valence-electron chi connectivity index (χ3n) is 5.04. The highest BCUT2D eigenvalue weighted by Gasteiger charge is 2.23. The number of thioether (sulfide) groups is 1. The molecular formula is C21H21N5OS2. The third-order valence-corrected chi connectivity index (χ3v) is 7.04. The summed E-state index contributed by atoms with van der Waals surface area (Å²) >= 11 is 3.15. The molecule has 148 valence electrons. The molecule has 1 aromatic carbocycles. The van der Waals surface area contributed by atoms with E-state index in [0.717, 1.165) is 23.1 Å². The van der Waals surface area contributed by atoms with Gasteiger partial charge in [0.2, 0.25) is 5.91 Å². The summed E-state index contributed by atoms with van der Waals surface area (Å²) < 4.78 is 0. The standard InChI is InChI=1S/C21H21N5OS2/c1-12-6-7-14-16(10-12)29-20-18(14)19(23)25-21(26-20)28-9-8-17(27)24-15-5-3-2-4-13(15)11-22/h2-5,12H,6-10H2,1H3,(H,24,27)(H2,23,25,26)/t12-/m1/s1. The summed E-state index contributed by atoms with van der Waals surface area (Å²) in [7, 11) is 0. The van der Waals surface area contributed by atoms with Crippen molar-refractivity contribution in [3.63, 3.8) is 0 Å². The van der Waals surface area contributed by atoms with Crippen LogP contribution in [0, 0.1) is 17.2 Å². The molecule has 0 saturated carbocycles. The fourth-order valence-corrected chi connectivity index (χ4v) is 5.79. The molecule has 0 spiro atoms. The average Bonchev–Trinajstić information content (AvgIpc) is 3.06. The van der Waals surface area contributed by atoms with Gasteiger partial charge in [0.25, 0.3) is 0 Å². The second-order valence-electron chi connectivity index (χ2n) is 7.23. The first-order valence-corrected chi connectivity index (χ1v) is 11.3. The first kappa shape index (κ1) is 19.7. The topological polar surface area (TPSA) is 105 Å². The molecule has 0 radical (unpaired) electrons. The summed E-state index contributed by atoms with van der Waals surface area (Å²) in [5.74, 6) is 1.63. The van der Waals surface area contributed by atoms with E-state index in [1.54, 1.807) is 35.6 Å². The van der Waals surface area contributed by atoms with Crippen LogP contribution < -0.4 is 11.1 Å². The van der Waals surface area contributed by atoms with Crippen LogP contribution in [0.5, 0.6) is 0 Å². The van der Waals surface area contributed by atoms with Crippen molar-refractivity contribution in [2.24, 2.45) is 5.92 Å². The number of aromatic nitrogens is 2. The van der Waals surface area contributed by atoms with Gasteiger partial charge in [-0.3, -0.25) is 4.79 Å². The van der Waals surface area contributed by atoms with Crippen LogP contribution in [0.1, 0.15) is 35.8 Å². The van der Waals surface area contributed by atoms with Gasteiger partial charge in [-0.1, -0.05) is 30.8 Å². The zero-order chi connectivity index (χ0) is 20.4. The van der Waals surface area contributed by atoms with Crippen LogP contribution in [0.4, 0.5) is 11.5 Å². The maximum absolute atomic E-state index is 12.2. The molecule has 1 atom stereocenters. The number of carbonyl (C=O) groups is 1. The van der Waals surface area contributed by atoms with Gasteiger partial charge in [0.05, 0.1) is 16.6 Å². The number of hydrogen-bond donors (Lipinski definition) is 2. The van der Waals surface area contributed by atoms with Crippen molar-refractivity contribution in [2.45, 2.75) is 37.8 Å². The monoisotopic (exact) mass is 423 g/mol. The van der Waals surface area contributed by atoms with E-state index >= 15 is 0 Å². The Balaban J connectivity index is 1.41. The zero-order valence-corrected chi connectivity index (χ0v) is 17.7. The van der Waals surface area contributed by atoms with Crippen molar-refractivity contribution >= 4 is 50.7 Å². The molecule has 6 nitrogen and oxygen atoms in total. The lowest BCUT2D eigenvalue weighted by molar-refractivity contribution is -0.115. The molecule has 0 bridgehead atoms. The molecule has 0 unspecified atom stereocenters. The third kappa shape index (κ3) is 4.21. The predicted molar refractivity (Wildman–Crippen MR) is 118 cm³/mol. The van der Waals surface area contributed by atoms with Gasteiger partial charge in [0, 0.05) is 17.1 Å². The number of para-hydroxylation sites is 1. The number of hydrogen-bond acceptors (Lipinski definition) is 7. The largest absolute Gasteiger partial charge is 0.383 e. The van der Waals surface area contributed by atoms with Crippen LogP contribution in [0.25, 0.3) is 10.2 Å². The smallest absolute Gasteiger partial charge is 0.225 e. The Hall–Kier alpha value is -2.63. The van der Waals surface area contributed by atoms with Crippen LogP contribution >= 0.6 is 23.1 Å². The van der Waals surface area contributed by atoms with Crippen LogP contribution in [0.2, 0.25) is 0 Å². The number of thiophene rings is 1. The molecule has 0 saturated heterocycles. The van der Waals surface area contributed by atoms with E-state index in [-0.39, 0.29) is 5.91 Å². The Labute approximate surface area is 177 Å². The second-order valence-corrected chi connectivity index (χ2v) is 9.37. The van der Waals surface area contributed by atoms with E-state index in [2.05, 4.69) is 28.3 Å². The van der Waals surface area contributed by atoms with Crippen molar-refractivity contribution in [3.05, 3.63) is 40.3 Å². The van der Waals surface area contributed by atoms with E-state index in [4.69, 9.17) is 11.0 Å². The lowest BCUT2D eigenvalue weighted by Crippen LogP contribution is -2.13. The Morgan fingerprint density at radius 2 is 2.24 bits per heavy atom. The van der Waals surface area contributed by atoms with Gasteiger partial charge in [0.1, 0.15) is 16.7 Å². The minimum atomic E-state index is -0.144. The van der Waals surface area contributed by atoms with Gasteiger partial charge < -0.3 is 11.1 Å². The molecule has 1 aliphatic carbocycles. The molecule has 29 heavy (non-hydrogen) atoms. The molecule has 1 aliphatic rings. The van der Waals surface area contributed by atoms with E-state index in [0.29, 0.717) is 40.3 Å². The number of nitrogens with two attached hydrogens (primary N) is 1. The van der Waals surface area contributed by atoms with Crippen molar-refractivity contribution in [1.82, 2.24) is 9.97 Å². The second kappa shape index (κ2) is 8.39. The van der Waals surface area contributed by atoms with Gasteiger partial charge in [0.15, 0.2) is 5.16 Å². The van der Waals surface area contributed by atoms with E-state index < -0.39 is 0 Å². The average molecular weight is 424 g/mol. The number of nitrogen functional groups attached to an aromatic ring is 1. The lowest BCUT2D eigenvalue weighted by atomic mass is 9.89. The van der Waals surface area contributed by atoms with Gasteiger partial charge in [-0.15, -0.1) is 11.3 Å². The Kier molecular flexibility index (Phi) is 5.69. The maximum atomic E-state index is 12.2. The van der Waals surface area contributed by atoms with Crippen molar-refractivity contribution in [2.75, 3.05) is 16.8 Å².